The highest BCUT2D eigenvalue weighted by molar-refractivity contribution is 5.87. The lowest BCUT2D eigenvalue weighted by atomic mass is 10.2. The molecule has 1 fully saturated rings. The Morgan fingerprint density at radius 3 is 3.43 bits per heavy atom. The third kappa shape index (κ3) is 0.950. The van der Waals surface area contributed by atoms with Gasteiger partial charge in [-0.15, -0.1) is 0 Å². The average molecular weight is 193 g/mol. The minimum atomic E-state index is -0.188. The van der Waals surface area contributed by atoms with E-state index in [4.69, 9.17) is 4.74 Å². The Labute approximate surface area is 81.6 Å². The molecule has 5 nitrogen and oxygen atoms in total. The third-order valence-electron chi connectivity index (χ3n) is 2.75. The normalized spacial score (nSPS) is 29.6. The van der Waals surface area contributed by atoms with Crippen molar-refractivity contribution in [1.29, 1.82) is 0 Å². The van der Waals surface area contributed by atoms with E-state index >= 15 is 0 Å². The van der Waals surface area contributed by atoms with Crippen molar-refractivity contribution in [2.24, 2.45) is 4.99 Å². The number of urea groups is 1. The van der Waals surface area contributed by atoms with Gasteiger partial charge in [0, 0.05) is 19.2 Å². The van der Waals surface area contributed by atoms with Gasteiger partial charge < -0.3 is 9.64 Å². The van der Waals surface area contributed by atoms with Crippen LogP contribution in [0.2, 0.25) is 0 Å². The van der Waals surface area contributed by atoms with E-state index in [1.54, 1.807) is 17.3 Å². The highest BCUT2D eigenvalue weighted by Crippen LogP contribution is 2.30. The zero-order valence-corrected chi connectivity index (χ0v) is 7.72. The fourth-order valence-corrected chi connectivity index (χ4v) is 2.08. The van der Waals surface area contributed by atoms with Crippen LogP contribution in [0.3, 0.4) is 0 Å². The molecule has 5 heteroatoms. The topological polar surface area (TPSA) is 45.1 Å². The van der Waals surface area contributed by atoms with Gasteiger partial charge in [-0.05, 0) is 6.42 Å². The van der Waals surface area contributed by atoms with Crippen molar-refractivity contribution in [3.05, 3.63) is 12.1 Å². The van der Waals surface area contributed by atoms with Gasteiger partial charge >= 0.3 is 6.03 Å². The van der Waals surface area contributed by atoms with Gasteiger partial charge in [-0.25, -0.2) is 9.79 Å². The summed E-state index contributed by atoms with van der Waals surface area (Å²) in [7, 11) is 0. The molecule has 3 aliphatic heterocycles. The summed E-state index contributed by atoms with van der Waals surface area (Å²) in [6, 6.07) is -0.188. The largest absolute Gasteiger partial charge is 0.478 e. The Bertz CT molecular complexity index is 337. The quantitative estimate of drug-likeness (QED) is 0.570. The second kappa shape index (κ2) is 2.73. The molecular formula is C9H11N3O2. The Balaban J connectivity index is 1.93. The first-order valence-electron chi connectivity index (χ1n) is 4.82. The maximum atomic E-state index is 11.4. The van der Waals surface area contributed by atoms with Gasteiger partial charge in [0.05, 0.1) is 12.8 Å². The first-order chi connectivity index (χ1) is 6.86. The maximum Gasteiger partial charge on any atom is 0.349 e. The lowest BCUT2D eigenvalue weighted by Crippen LogP contribution is -2.45. The number of ether oxygens (including phenoxy) is 1. The SMILES string of the molecule is O=C1N=CCC2N1C=C1OCCCN12. The second-order valence-electron chi connectivity index (χ2n) is 3.58. The van der Waals surface area contributed by atoms with Gasteiger partial charge in [-0.3, -0.25) is 4.90 Å². The standard InChI is InChI=1S/C9H11N3O2/c13-9-10-3-2-7-11-4-1-5-14-8(11)6-12(7)9/h3,6-7H,1-2,4-5H2. The number of carbonyl (C=O) groups is 1. The zero-order valence-electron chi connectivity index (χ0n) is 7.72. The zero-order chi connectivity index (χ0) is 9.54. The molecule has 3 rings (SSSR count). The predicted molar refractivity (Wildman–Crippen MR) is 49.5 cm³/mol. The van der Waals surface area contributed by atoms with Crippen LogP contribution < -0.4 is 0 Å². The van der Waals surface area contributed by atoms with Crippen molar-refractivity contribution < 1.29 is 9.53 Å². The molecule has 1 atom stereocenters. The fourth-order valence-electron chi connectivity index (χ4n) is 2.08. The molecule has 0 radical (unpaired) electrons. The van der Waals surface area contributed by atoms with Crippen LogP contribution in [-0.4, -0.2) is 41.4 Å². The summed E-state index contributed by atoms with van der Waals surface area (Å²) >= 11 is 0. The van der Waals surface area contributed by atoms with Crippen LogP contribution in [-0.2, 0) is 4.74 Å². The molecule has 2 amide bonds. The van der Waals surface area contributed by atoms with Gasteiger partial charge in [0.25, 0.3) is 0 Å². The maximum absolute atomic E-state index is 11.4. The van der Waals surface area contributed by atoms with E-state index in [1.165, 1.54) is 0 Å². The monoisotopic (exact) mass is 193 g/mol. The molecule has 0 N–H and O–H groups in total. The molecule has 1 saturated heterocycles. The smallest absolute Gasteiger partial charge is 0.349 e. The fraction of sp³-hybridized carbons (Fsp3) is 0.556. The summed E-state index contributed by atoms with van der Waals surface area (Å²) in [6.07, 6.45) is 5.37. The Hall–Kier alpha value is -1.52. The molecule has 0 bridgehead atoms. The van der Waals surface area contributed by atoms with Crippen molar-refractivity contribution in [3.8, 4) is 0 Å². The van der Waals surface area contributed by atoms with Gasteiger partial charge in [-0.2, -0.15) is 0 Å². The number of rotatable bonds is 0. The summed E-state index contributed by atoms with van der Waals surface area (Å²) in [5.74, 6) is 0.820. The van der Waals surface area contributed by atoms with Crippen molar-refractivity contribution in [2.75, 3.05) is 13.2 Å². The van der Waals surface area contributed by atoms with Crippen molar-refractivity contribution in [1.82, 2.24) is 9.80 Å². The third-order valence-corrected chi connectivity index (χ3v) is 2.75. The van der Waals surface area contributed by atoms with E-state index in [0.717, 1.165) is 31.9 Å². The van der Waals surface area contributed by atoms with Gasteiger partial charge in [0.2, 0.25) is 5.88 Å². The molecule has 1 unspecified atom stereocenters. The van der Waals surface area contributed by atoms with E-state index in [0.29, 0.717) is 0 Å². The van der Waals surface area contributed by atoms with Crippen LogP contribution >= 0.6 is 0 Å². The Morgan fingerprint density at radius 2 is 2.50 bits per heavy atom. The van der Waals surface area contributed by atoms with Crippen LogP contribution in [0, 0.1) is 0 Å². The van der Waals surface area contributed by atoms with Crippen LogP contribution in [0.5, 0.6) is 0 Å². The molecule has 0 aromatic rings. The molecule has 3 heterocycles. The summed E-state index contributed by atoms with van der Waals surface area (Å²) in [6.45, 7) is 1.71. The number of hydrogen-bond acceptors (Lipinski definition) is 3. The first kappa shape index (κ1) is 7.84. The van der Waals surface area contributed by atoms with Crippen LogP contribution in [0.15, 0.2) is 17.1 Å². The number of fused-ring (bicyclic) bond motifs is 3. The van der Waals surface area contributed by atoms with Crippen LogP contribution in [0.4, 0.5) is 4.79 Å². The number of carbonyl (C=O) groups excluding carboxylic acids is 1. The number of amides is 2. The van der Waals surface area contributed by atoms with Crippen molar-refractivity contribution in [3.63, 3.8) is 0 Å². The molecule has 3 aliphatic rings. The minimum absolute atomic E-state index is 0.107. The number of aliphatic imine (C=N–C) groups is 1. The van der Waals surface area contributed by atoms with E-state index < -0.39 is 0 Å². The second-order valence-corrected chi connectivity index (χ2v) is 3.58. The van der Waals surface area contributed by atoms with Gasteiger partial charge in [0.15, 0.2) is 0 Å². The van der Waals surface area contributed by atoms with Gasteiger partial charge in [0.1, 0.15) is 6.17 Å². The van der Waals surface area contributed by atoms with E-state index in [2.05, 4.69) is 9.89 Å². The predicted octanol–water partition coefficient (Wildman–Crippen LogP) is 0.744. The molecule has 14 heavy (non-hydrogen) atoms. The lowest BCUT2D eigenvalue weighted by molar-refractivity contribution is 0.0384. The number of hydrogen-bond donors (Lipinski definition) is 0. The van der Waals surface area contributed by atoms with E-state index in [-0.39, 0.29) is 12.2 Å². The van der Waals surface area contributed by atoms with Crippen LogP contribution in [0.1, 0.15) is 12.8 Å². The Morgan fingerprint density at radius 1 is 1.57 bits per heavy atom. The average Bonchev–Trinajstić information content (AvgIpc) is 2.59. The molecule has 0 aliphatic carbocycles. The van der Waals surface area contributed by atoms with Crippen LogP contribution in [0.25, 0.3) is 0 Å². The molecule has 0 spiro atoms. The highest BCUT2D eigenvalue weighted by atomic mass is 16.5. The summed E-state index contributed by atoms with van der Waals surface area (Å²) in [5, 5.41) is 0. The molecular weight excluding hydrogens is 182 g/mol. The van der Waals surface area contributed by atoms with Crippen molar-refractivity contribution >= 4 is 12.2 Å². The summed E-state index contributed by atoms with van der Waals surface area (Å²) in [5.41, 5.74) is 0. The summed E-state index contributed by atoms with van der Waals surface area (Å²) < 4.78 is 5.48. The van der Waals surface area contributed by atoms with Crippen molar-refractivity contribution in [2.45, 2.75) is 19.0 Å². The van der Waals surface area contributed by atoms with Gasteiger partial charge in [-0.1, -0.05) is 0 Å². The first-order valence-corrected chi connectivity index (χ1v) is 4.82. The molecule has 0 aromatic heterocycles. The minimum Gasteiger partial charge on any atom is -0.478 e. The number of nitrogens with zero attached hydrogens (tertiary/aromatic N) is 3. The highest BCUT2D eigenvalue weighted by Gasteiger charge is 2.38. The van der Waals surface area contributed by atoms with E-state index in [9.17, 15) is 4.79 Å². The Kier molecular flexibility index (Phi) is 1.53. The van der Waals surface area contributed by atoms with E-state index in [1.807, 2.05) is 0 Å². The molecule has 0 aromatic carbocycles. The lowest BCUT2D eigenvalue weighted by Gasteiger charge is -2.34. The molecule has 74 valence electrons. The molecule has 0 saturated carbocycles. The summed E-state index contributed by atoms with van der Waals surface area (Å²) in [4.78, 5) is 19.0.